The molecule has 1 unspecified atom stereocenters. The molecule has 2 fully saturated rings. The van der Waals surface area contributed by atoms with Crippen molar-refractivity contribution >= 4 is 21.8 Å². The Morgan fingerprint density at radius 1 is 1.25 bits per heavy atom. The minimum absolute atomic E-state index is 0.0826. The van der Waals surface area contributed by atoms with Crippen LogP contribution in [0.25, 0.3) is 0 Å². The van der Waals surface area contributed by atoms with Gasteiger partial charge in [-0.1, -0.05) is 34.1 Å². The first-order valence-electron chi connectivity index (χ1n) is 7.44. The second-order valence-corrected chi connectivity index (χ2v) is 6.91. The zero-order chi connectivity index (χ0) is 14.1. The summed E-state index contributed by atoms with van der Waals surface area (Å²) in [5.41, 5.74) is 1.39. The van der Waals surface area contributed by atoms with Gasteiger partial charge in [-0.3, -0.25) is 4.79 Å². The van der Waals surface area contributed by atoms with E-state index in [-0.39, 0.29) is 11.9 Å². The molecule has 1 aromatic carbocycles. The SMILES string of the molecule is CC(NC1CC(c2ccccc2Br)C1)C(=O)NC1CC1. The van der Waals surface area contributed by atoms with E-state index < -0.39 is 0 Å². The lowest BCUT2D eigenvalue weighted by Gasteiger charge is -2.38. The van der Waals surface area contributed by atoms with Gasteiger partial charge in [0.05, 0.1) is 6.04 Å². The Hall–Kier alpha value is -0.870. The predicted molar refractivity (Wildman–Crippen MR) is 83.7 cm³/mol. The van der Waals surface area contributed by atoms with Gasteiger partial charge in [0.2, 0.25) is 5.91 Å². The fourth-order valence-corrected chi connectivity index (χ4v) is 3.41. The predicted octanol–water partition coefficient (Wildman–Crippen LogP) is 2.95. The third-order valence-electron chi connectivity index (χ3n) is 4.29. The Morgan fingerprint density at radius 3 is 2.60 bits per heavy atom. The molecule has 2 aliphatic rings. The van der Waals surface area contributed by atoms with Crippen LogP contribution >= 0.6 is 15.9 Å². The van der Waals surface area contributed by atoms with E-state index in [0.29, 0.717) is 18.0 Å². The third-order valence-corrected chi connectivity index (χ3v) is 5.01. The van der Waals surface area contributed by atoms with Crippen molar-refractivity contribution in [1.82, 2.24) is 10.6 Å². The van der Waals surface area contributed by atoms with E-state index in [1.54, 1.807) is 0 Å². The lowest BCUT2D eigenvalue weighted by Crippen LogP contribution is -2.51. The second kappa shape index (κ2) is 5.86. The highest BCUT2D eigenvalue weighted by molar-refractivity contribution is 9.10. The fourth-order valence-electron chi connectivity index (χ4n) is 2.80. The highest BCUT2D eigenvalue weighted by Crippen LogP contribution is 2.40. The van der Waals surface area contributed by atoms with Crippen molar-refractivity contribution in [1.29, 1.82) is 0 Å². The lowest BCUT2D eigenvalue weighted by atomic mass is 9.75. The van der Waals surface area contributed by atoms with E-state index in [2.05, 4.69) is 44.8 Å². The van der Waals surface area contributed by atoms with E-state index in [9.17, 15) is 4.79 Å². The monoisotopic (exact) mass is 336 g/mol. The number of benzene rings is 1. The molecule has 0 heterocycles. The maximum atomic E-state index is 11.9. The molecule has 0 radical (unpaired) electrons. The van der Waals surface area contributed by atoms with Gasteiger partial charge in [0.25, 0.3) is 0 Å². The van der Waals surface area contributed by atoms with Crippen LogP contribution < -0.4 is 10.6 Å². The van der Waals surface area contributed by atoms with E-state index >= 15 is 0 Å². The van der Waals surface area contributed by atoms with Crippen LogP contribution in [0, 0.1) is 0 Å². The molecule has 108 valence electrons. The van der Waals surface area contributed by atoms with Crippen molar-refractivity contribution in [2.24, 2.45) is 0 Å². The second-order valence-electron chi connectivity index (χ2n) is 6.06. The summed E-state index contributed by atoms with van der Waals surface area (Å²) >= 11 is 3.62. The van der Waals surface area contributed by atoms with Crippen molar-refractivity contribution in [3.8, 4) is 0 Å². The molecule has 0 aromatic heterocycles. The highest BCUT2D eigenvalue weighted by Gasteiger charge is 2.33. The van der Waals surface area contributed by atoms with E-state index in [4.69, 9.17) is 0 Å². The summed E-state index contributed by atoms with van der Waals surface area (Å²) in [7, 11) is 0. The van der Waals surface area contributed by atoms with Crippen molar-refractivity contribution in [2.75, 3.05) is 0 Å². The van der Waals surface area contributed by atoms with Crippen LogP contribution in [-0.2, 0) is 4.79 Å². The summed E-state index contributed by atoms with van der Waals surface area (Å²) < 4.78 is 1.20. The minimum atomic E-state index is -0.0826. The molecule has 1 atom stereocenters. The van der Waals surface area contributed by atoms with Gasteiger partial charge >= 0.3 is 0 Å². The maximum Gasteiger partial charge on any atom is 0.237 e. The Morgan fingerprint density at radius 2 is 1.95 bits per heavy atom. The summed E-state index contributed by atoms with van der Waals surface area (Å²) in [5.74, 6) is 0.763. The molecule has 0 spiro atoms. The first kappa shape index (κ1) is 14.1. The van der Waals surface area contributed by atoms with Crippen LogP contribution in [0.4, 0.5) is 0 Å². The number of carbonyl (C=O) groups is 1. The molecule has 1 aromatic rings. The zero-order valence-corrected chi connectivity index (χ0v) is 13.3. The molecule has 1 amide bonds. The third kappa shape index (κ3) is 3.23. The average Bonchev–Trinajstić information content (AvgIpc) is 3.18. The number of hydrogen-bond donors (Lipinski definition) is 2. The van der Waals surface area contributed by atoms with Gasteiger partial charge in [-0.2, -0.15) is 0 Å². The van der Waals surface area contributed by atoms with Crippen molar-refractivity contribution in [2.45, 2.75) is 56.7 Å². The Labute approximate surface area is 128 Å². The lowest BCUT2D eigenvalue weighted by molar-refractivity contribution is -0.123. The van der Waals surface area contributed by atoms with Gasteiger partial charge in [0.1, 0.15) is 0 Å². The number of halogens is 1. The van der Waals surface area contributed by atoms with Gasteiger partial charge in [0.15, 0.2) is 0 Å². The molecule has 3 rings (SSSR count). The first-order valence-corrected chi connectivity index (χ1v) is 8.23. The summed E-state index contributed by atoms with van der Waals surface area (Å²) in [6, 6.07) is 9.25. The largest absolute Gasteiger partial charge is 0.352 e. The van der Waals surface area contributed by atoms with Gasteiger partial charge in [-0.05, 0) is 50.2 Å². The maximum absolute atomic E-state index is 11.9. The van der Waals surface area contributed by atoms with Gasteiger partial charge in [-0.15, -0.1) is 0 Å². The normalized spacial score (nSPS) is 26.7. The Bertz CT molecular complexity index is 495. The summed E-state index contributed by atoms with van der Waals surface area (Å²) in [4.78, 5) is 11.9. The Kier molecular flexibility index (Phi) is 4.13. The van der Waals surface area contributed by atoms with Crippen LogP contribution in [0.3, 0.4) is 0 Å². The molecule has 0 aliphatic heterocycles. The summed E-state index contributed by atoms with van der Waals surface area (Å²) in [6.45, 7) is 1.96. The van der Waals surface area contributed by atoms with E-state index in [1.165, 1.54) is 10.0 Å². The zero-order valence-electron chi connectivity index (χ0n) is 11.7. The van der Waals surface area contributed by atoms with Gasteiger partial charge in [0, 0.05) is 16.6 Å². The summed E-state index contributed by atoms with van der Waals surface area (Å²) in [6.07, 6.45) is 4.52. The molecule has 2 aliphatic carbocycles. The van der Waals surface area contributed by atoms with Crippen LogP contribution in [0.1, 0.15) is 44.1 Å². The Balaban J connectivity index is 1.46. The number of hydrogen-bond acceptors (Lipinski definition) is 2. The topological polar surface area (TPSA) is 41.1 Å². The highest BCUT2D eigenvalue weighted by atomic mass is 79.9. The van der Waals surface area contributed by atoms with E-state index in [0.717, 1.165) is 25.7 Å². The van der Waals surface area contributed by atoms with Crippen molar-refractivity contribution < 1.29 is 4.79 Å². The number of carbonyl (C=O) groups excluding carboxylic acids is 1. The average molecular weight is 337 g/mol. The number of nitrogens with one attached hydrogen (secondary N) is 2. The van der Waals surface area contributed by atoms with E-state index in [1.807, 2.05) is 13.0 Å². The molecule has 2 saturated carbocycles. The standard InChI is InChI=1S/C16H21BrN2O/c1-10(16(20)19-12-6-7-12)18-13-8-11(9-13)14-4-2-3-5-15(14)17/h2-5,10-13,18H,6-9H2,1H3,(H,19,20). The molecule has 20 heavy (non-hydrogen) atoms. The molecule has 0 saturated heterocycles. The minimum Gasteiger partial charge on any atom is -0.352 e. The van der Waals surface area contributed by atoms with Crippen LogP contribution in [0.5, 0.6) is 0 Å². The summed E-state index contributed by atoms with van der Waals surface area (Å²) in [5, 5.41) is 6.49. The number of rotatable bonds is 5. The van der Waals surface area contributed by atoms with Gasteiger partial charge < -0.3 is 10.6 Å². The molecule has 2 N–H and O–H groups in total. The van der Waals surface area contributed by atoms with Crippen LogP contribution in [0.2, 0.25) is 0 Å². The quantitative estimate of drug-likeness (QED) is 0.867. The van der Waals surface area contributed by atoms with Gasteiger partial charge in [-0.25, -0.2) is 0 Å². The smallest absolute Gasteiger partial charge is 0.237 e. The molecule has 0 bridgehead atoms. The van der Waals surface area contributed by atoms with Crippen molar-refractivity contribution in [3.05, 3.63) is 34.3 Å². The fraction of sp³-hybridized carbons (Fsp3) is 0.562. The van der Waals surface area contributed by atoms with Crippen LogP contribution in [-0.4, -0.2) is 24.0 Å². The molecule has 3 nitrogen and oxygen atoms in total. The molecular weight excluding hydrogens is 316 g/mol. The van der Waals surface area contributed by atoms with Crippen LogP contribution in [0.15, 0.2) is 28.7 Å². The molecular formula is C16H21BrN2O. The van der Waals surface area contributed by atoms with Crippen molar-refractivity contribution in [3.63, 3.8) is 0 Å². The first-order chi connectivity index (χ1) is 9.63. The number of amides is 1. The molecule has 4 heteroatoms.